The molecule has 0 unspecified atom stereocenters. The first-order valence-corrected chi connectivity index (χ1v) is 12.8. The Morgan fingerprint density at radius 1 is 1.14 bits per heavy atom. The Kier molecular flexibility index (Phi) is 8.80. The highest BCUT2D eigenvalue weighted by Gasteiger charge is 2.20. The van der Waals surface area contributed by atoms with Crippen molar-refractivity contribution in [2.45, 2.75) is 25.7 Å². The van der Waals surface area contributed by atoms with Crippen molar-refractivity contribution in [1.29, 1.82) is 0 Å². The maximum atomic E-state index is 13.1. The fraction of sp³-hybridized carbons (Fsp3) is 0.346. The lowest BCUT2D eigenvalue weighted by Crippen LogP contribution is -2.38. The summed E-state index contributed by atoms with van der Waals surface area (Å²) in [6.45, 7) is 3.59. The average molecular weight is 496 g/mol. The van der Waals surface area contributed by atoms with Crippen LogP contribution in [0.25, 0.3) is 0 Å². The van der Waals surface area contributed by atoms with Crippen molar-refractivity contribution in [3.63, 3.8) is 0 Å². The summed E-state index contributed by atoms with van der Waals surface area (Å²) in [7, 11) is 0. The highest BCUT2D eigenvalue weighted by Crippen LogP contribution is 2.21. The summed E-state index contributed by atoms with van der Waals surface area (Å²) in [6.07, 6.45) is 5.80. The Morgan fingerprint density at radius 2 is 2.00 bits per heavy atom. The number of carbonyl (C=O) groups is 2. The number of nitrogens with one attached hydrogen (secondary N) is 3. The van der Waals surface area contributed by atoms with E-state index >= 15 is 0 Å². The summed E-state index contributed by atoms with van der Waals surface area (Å²) >= 11 is 1.34. The van der Waals surface area contributed by atoms with Crippen molar-refractivity contribution >= 4 is 34.1 Å². The fourth-order valence-corrected chi connectivity index (χ4v) is 4.87. The molecule has 3 N–H and O–H groups in total. The van der Waals surface area contributed by atoms with Crippen molar-refractivity contribution in [3.8, 4) is 0 Å². The molecule has 9 heteroatoms. The molecule has 1 aliphatic heterocycles. The molecule has 184 valence electrons. The summed E-state index contributed by atoms with van der Waals surface area (Å²) < 4.78 is 13.1. The summed E-state index contributed by atoms with van der Waals surface area (Å²) in [5.41, 5.74) is 2.17. The number of likely N-dealkylation sites (tertiary alicyclic amines) is 1. The van der Waals surface area contributed by atoms with Crippen LogP contribution in [0.2, 0.25) is 0 Å². The van der Waals surface area contributed by atoms with Gasteiger partial charge in [-0.1, -0.05) is 18.2 Å². The topological polar surface area (TPSA) is 86.4 Å². The molecule has 3 amide bonds. The lowest BCUT2D eigenvalue weighted by Gasteiger charge is -2.32. The second-order valence-corrected chi connectivity index (χ2v) is 9.64. The number of hydrogen-bond donors (Lipinski definition) is 3. The number of anilines is 2. The van der Waals surface area contributed by atoms with Crippen molar-refractivity contribution in [2.24, 2.45) is 5.92 Å². The number of nitrogens with zero attached hydrogens (tertiary/aromatic N) is 2. The summed E-state index contributed by atoms with van der Waals surface area (Å²) in [6, 6.07) is 13.3. The van der Waals surface area contributed by atoms with Gasteiger partial charge < -0.3 is 15.5 Å². The molecule has 3 aromatic rings. The van der Waals surface area contributed by atoms with E-state index in [9.17, 15) is 14.0 Å². The first kappa shape index (κ1) is 24.8. The van der Waals surface area contributed by atoms with Gasteiger partial charge in [0.05, 0.1) is 0 Å². The highest BCUT2D eigenvalue weighted by molar-refractivity contribution is 7.13. The van der Waals surface area contributed by atoms with Crippen LogP contribution in [-0.4, -0.2) is 48.0 Å². The minimum absolute atomic E-state index is 0.194. The second-order valence-electron chi connectivity index (χ2n) is 8.75. The Labute approximate surface area is 208 Å². The number of amides is 3. The Bertz CT molecular complexity index is 1110. The maximum absolute atomic E-state index is 13.1. The van der Waals surface area contributed by atoms with Gasteiger partial charge in [0.1, 0.15) is 5.82 Å². The van der Waals surface area contributed by atoms with Crippen LogP contribution in [0.5, 0.6) is 0 Å². The third-order valence-corrected chi connectivity index (χ3v) is 6.70. The number of hydrogen-bond acceptors (Lipinski definition) is 5. The van der Waals surface area contributed by atoms with E-state index in [4.69, 9.17) is 0 Å². The minimum atomic E-state index is -0.296. The lowest BCUT2D eigenvalue weighted by molar-refractivity contribution is 0.102. The van der Waals surface area contributed by atoms with Gasteiger partial charge in [-0.15, -0.1) is 11.3 Å². The smallest absolute Gasteiger partial charge is 0.319 e. The van der Waals surface area contributed by atoms with Crippen LogP contribution in [-0.2, 0) is 6.42 Å². The van der Waals surface area contributed by atoms with Crippen LogP contribution < -0.4 is 16.0 Å². The Balaban J connectivity index is 1.16. The quantitative estimate of drug-likeness (QED) is 0.365. The molecule has 4 rings (SSSR count). The first-order valence-electron chi connectivity index (χ1n) is 11.9. The number of aromatic nitrogens is 1. The average Bonchev–Trinajstić information content (AvgIpc) is 3.37. The number of rotatable bonds is 9. The van der Waals surface area contributed by atoms with Gasteiger partial charge in [-0.3, -0.25) is 10.1 Å². The number of benzene rings is 2. The molecule has 0 spiro atoms. The predicted octanol–water partition coefficient (Wildman–Crippen LogP) is 5.00. The largest absolute Gasteiger partial charge is 0.338 e. The SMILES string of the molecule is O=C(NCCCN1CCC[C@@H](Cc2ccc(F)cc2)C1)Nc1cccc(C(=O)Nc2nccs2)c1. The van der Waals surface area contributed by atoms with Gasteiger partial charge in [-0.25, -0.2) is 14.2 Å². The normalized spacial score (nSPS) is 16.0. The summed E-state index contributed by atoms with van der Waals surface area (Å²) in [5, 5.41) is 10.7. The van der Waals surface area contributed by atoms with E-state index in [1.165, 1.54) is 35.5 Å². The van der Waals surface area contributed by atoms with Crippen LogP contribution in [0.15, 0.2) is 60.1 Å². The molecule has 1 atom stereocenters. The van der Waals surface area contributed by atoms with E-state index in [0.717, 1.165) is 38.9 Å². The van der Waals surface area contributed by atoms with E-state index in [1.54, 1.807) is 35.8 Å². The molecule has 7 nitrogen and oxygen atoms in total. The first-order chi connectivity index (χ1) is 17.0. The molecule has 0 bridgehead atoms. The molecule has 0 saturated carbocycles. The molecule has 1 fully saturated rings. The Hall–Kier alpha value is -3.30. The van der Waals surface area contributed by atoms with E-state index in [2.05, 4.69) is 25.8 Å². The number of thiazole rings is 1. The van der Waals surface area contributed by atoms with Crippen LogP contribution in [0.1, 0.15) is 35.2 Å². The van der Waals surface area contributed by atoms with Gasteiger partial charge in [0.25, 0.3) is 5.91 Å². The van der Waals surface area contributed by atoms with Gasteiger partial charge >= 0.3 is 6.03 Å². The van der Waals surface area contributed by atoms with Crippen LogP contribution in [0, 0.1) is 11.7 Å². The third-order valence-electron chi connectivity index (χ3n) is 6.01. The molecule has 0 radical (unpaired) electrons. The number of piperidine rings is 1. The number of halogens is 1. The van der Waals surface area contributed by atoms with Gasteiger partial charge in [0.2, 0.25) is 0 Å². The van der Waals surface area contributed by atoms with Gasteiger partial charge in [-0.05, 0) is 80.6 Å². The van der Waals surface area contributed by atoms with E-state index in [0.29, 0.717) is 28.8 Å². The molecular formula is C26H30FN5O2S. The summed E-state index contributed by atoms with van der Waals surface area (Å²) in [5.74, 6) is 0.106. The maximum Gasteiger partial charge on any atom is 0.319 e. The van der Waals surface area contributed by atoms with Gasteiger partial charge in [0, 0.05) is 35.9 Å². The zero-order valence-electron chi connectivity index (χ0n) is 19.5. The van der Waals surface area contributed by atoms with E-state index < -0.39 is 0 Å². The zero-order valence-corrected chi connectivity index (χ0v) is 20.3. The third kappa shape index (κ3) is 7.87. The highest BCUT2D eigenvalue weighted by atomic mass is 32.1. The molecule has 35 heavy (non-hydrogen) atoms. The van der Waals surface area contributed by atoms with E-state index in [-0.39, 0.29) is 17.8 Å². The number of carbonyl (C=O) groups excluding carboxylic acids is 2. The standard InChI is InChI=1S/C26H30FN5O2S/c27-22-9-7-19(8-10-22)16-20-4-2-13-32(18-20)14-3-11-28-25(34)30-23-6-1-5-21(17-23)24(33)31-26-29-12-15-35-26/h1,5-10,12,15,17,20H,2-4,11,13-14,16,18H2,(H2,28,30,34)(H,29,31,33)/t20-/m0/s1. The van der Waals surface area contributed by atoms with Gasteiger partial charge in [0.15, 0.2) is 5.13 Å². The van der Waals surface area contributed by atoms with Gasteiger partial charge in [-0.2, -0.15) is 0 Å². The molecule has 0 aliphatic carbocycles. The predicted molar refractivity (Wildman–Crippen MR) is 137 cm³/mol. The van der Waals surface area contributed by atoms with Crippen molar-refractivity contribution in [3.05, 3.63) is 77.1 Å². The second kappa shape index (κ2) is 12.4. The molecule has 2 heterocycles. The number of urea groups is 1. The Morgan fingerprint density at radius 3 is 2.80 bits per heavy atom. The fourth-order valence-electron chi connectivity index (χ4n) is 4.35. The minimum Gasteiger partial charge on any atom is -0.338 e. The van der Waals surface area contributed by atoms with Crippen molar-refractivity contribution in [1.82, 2.24) is 15.2 Å². The molecular weight excluding hydrogens is 465 g/mol. The zero-order chi connectivity index (χ0) is 24.5. The van der Waals surface area contributed by atoms with Crippen LogP contribution >= 0.6 is 11.3 Å². The lowest BCUT2D eigenvalue weighted by atomic mass is 9.91. The molecule has 1 aromatic heterocycles. The van der Waals surface area contributed by atoms with Crippen molar-refractivity contribution in [2.75, 3.05) is 36.8 Å². The van der Waals surface area contributed by atoms with E-state index in [1.807, 2.05) is 12.1 Å². The van der Waals surface area contributed by atoms with Crippen LogP contribution in [0.4, 0.5) is 20.0 Å². The molecule has 1 aliphatic rings. The van der Waals surface area contributed by atoms with Crippen molar-refractivity contribution < 1.29 is 14.0 Å². The molecule has 1 saturated heterocycles. The monoisotopic (exact) mass is 495 g/mol. The summed E-state index contributed by atoms with van der Waals surface area (Å²) in [4.78, 5) is 31.2. The van der Waals surface area contributed by atoms with Crippen LogP contribution in [0.3, 0.4) is 0 Å². The molecule has 2 aromatic carbocycles.